The number of nitrogens with one attached hydrogen (secondary N) is 1. The Balaban J connectivity index is 1.05. The highest BCUT2D eigenvalue weighted by atomic mass is 31.2. The molecule has 13 nitrogen and oxygen atoms in total. The first kappa shape index (κ1) is 41.3. The minimum Gasteiger partial charge on any atom is -0.381 e. The molecule has 1 saturated carbocycles. The number of halogens is 1. The summed E-state index contributed by atoms with van der Waals surface area (Å²) in [5.41, 5.74) is 6.39. The summed E-state index contributed by atoms with van der Waals surface area (Å²) < 4.78 is 43.4. The summed E-state index contributed by atoms with van der Waals surface area (Å²) in [5.74, 6) is 0.625. The summed E-state index contributed by atoms with van der Waals surface area (Å²) in [5, 5.41) is 11.3. The van der Waals surface area contributed by atoms with Crippen molar-refractivity contribution in [2.45, 2.75) is 84.7 Å². The molecule has 0 radical (unpaired) electrons. The zero-order valence-corrected chi connectivity index (χ0v) is 37.6. The number of benzene rings is 3. The Kier molecular flexibility index (Phi) is 10.2. The predicted molar refractivity (Wildman–Crippen MR) is 243 cm³/mol. The lowest BCUT2D eigenvalue weighted by atomic mass is 9.91. The Bertz CT molecular complexity index is 2880. The number of aromatic amines is 1. The number of fused-ring (bicyclic) bond motifs is 2. The molecule has 0 bridgehead atoms. The molecule has 3 aromatic carbocycles. The molecule has 1 aliphatic carbocycles. The van der Waals surface area contributed by atoms with Crippen LogP contribution in [0.3, 0.4) is 0 Å². The number of anilines is 2. The molecular weight excluding hydrogens is 819 g/mol. The number of nitrogens with zero attached hydrogens (tertiary/aromatic N) is 7. The largest absolute Gasteiger partial charge is 0.438 e. The van der Waals surface area contributed by atoms with Crippen molar-refractivity contribution in [1.29, 1.82) is 0 Å². The van der Waals surface area contributed by atoms with Gasteiger partial charge in [-0.2, -0.15) is 5.10 Å². The Labute approximate surface area is 365 Å². The molecule has 6 aromatic rings. The minimum atomic E-state index is -2.43. The number of rotatable bonds is 10. The normalized spacial score (nSPS) is 21.5. The van der Waals surface area contributed by atoms with Crippen LogP contribution in [0.5, 0.6) is 0 Å². The van der Waals surface area contributed by atoms with Gasteiger partial charge < -0.3 is 28.6 Å². The van der Waals surface area contributed by atoms with Crippen LogP contribution in [0.25, 0.3) is 16.6 Å². The summed E-state index contributed by atoms with van der Waals surface area (Å²) >= 11 is 0. The Morgan fingerprint density at radius 1 is 0.952 bits per heavy atom. The van der Waals surface area contributed by atoms with Gasteiger partial charge in [-0.15, -0.1) is 0 Å². The molecule has 63 heavy (non-hydrogen) atoms. The van der Waals surface area contributed by atoms with Crippen molar-refractivity contribution in [3.8, 4) is 5.69 Å². The SMILES string of the molecule is CCP(=O)(CC)c1ccc(N2C=CN(c3c4c(nn3-c3cc(C)c(F)c(C)c3)CCN(C(=O)c3cc5cc(C6CCOCC6)ccc5n3C3(c5noc(=O)[nH]5)CC3C)C4C)C2)cc1. The predicted octanol–water partition coefficient (Wildman–Crippen LogP) is 8.48. The van der Waals surface area contributed by atoms with Gasteiger partial charge in [0.1, 0.15) is 36.7 Å². The van der Waals surface area contributed by atoms with E-state index in [1.54, 1.807) is 13.8 Å². The number of amides is 1. The van der Waals surface area contributed by atoms with Gasteiger partial charge in [-0.25, -0.2) is 13.9 Å². The van der Waals surface area contributed by atoms with Gasteiger partial charge in [0.15, 0.2) is 5.82 Å². The van der Waals surface area contributed by atoms with Gasteiger partial charge in [0, 0.05) is 78.4 Å². The first-order valence-electron chi connectivity index (χ1n) is 22.3. The number of hydrogen-bond donors (Lipinski definition) is 1. The first-order valence-corrected chi connectivity index (χ1v) is 24.3. The third-order valence-electron chi connectivity index (χ3n) is 14.3. The van der Waals surface area contributed by atoms with Gasteiger partial charge in [0.2, 0.25) is 0 Å². The molecule has 328 valence electrons. The van der Waals surface area contributed by atoms with E-state index in [4.69, 9.17) is 14.4 Å². The Morgan fingerprint density at radius 3 is 2.30 bits per heavy atom. The molecule has 0 spiro atoms. The molecule has 3 aromatic heterocycles. The van der Waals surface area contributed by atoms with Crippen molar-refractivity contribution in [2.75, 3.05) is 48.6 Å². The van der Waals surface area contributed by atoms with Gasteiger partial charge in [-0.1, -0.05) is 32.0 Å². The number of aryl methyl sites for hydroxylation is 2. The van der Waals surface area contributed by atoms with Crippen molar-refractivity contribution in [1.82, 2.24) is 29.4 Å². The summed E-state index contributed by atoms with van der Waals surface area (Å²) in [6, 6.07) is 19.8. The third kappa shape index (κ3) is 6.70. The number of ether oxygens (including phenoxy) is 1. The van der Waals surface area contributed by atoms with Gasteiger partial charge in [0.05, 0.1) is 17.4 Å². The molecule has 10 rings (SSSR count). The van der Waals surface area contributed by atoms with Crippen molar-refractivity contribution in [2.24, 2.45) is 5.92 Å². The van der Waals surface area contributed by atoms with Gasteiger partial charge >= 0.3 is 5.76 Å². The zero-order chi connectivity index (χ0) is 43.9. The highest BCUT2D eigenvalue weighted by Gasteiger charge is 2.59. The number of carbonyl (C=O) groups excluding carboxylic acids is 1. The van der Waals surface area contributed by atoms with Gasteiger partial charge in [0.25, 0.3) is 5.91 Å². The number of aromatic nitrogens is 5. The molecule has 1 amide bonds. The smallest absolute Gasteiger partial charge is 0.381 e. The fraction of sp³-hybridized carbons (Fsp3) is 0.417. The summed E-state index contributed by atoms with van der Waals surface area (Å²) in [7, 11) is -2.43. The van der Waals surface area contributed by atoms with Crippen LogP contribution in [0, 0.1) is 25.6 Å². The van der Waals surface area contributed by atoms with Crippen molar-refractivity contribution >= 4 is 40.8 Å². The first-order chi connectivity index (χ1) is 30.3. The molecule has 6 heterocycles. The van der Waals surface area contributed by atoms with E-state index in [0.29, 0.717) is 66.9 Å². The lowest BCUT2D eigenvalue weighted by Crippen LogP contribution is -2.41. The highest BCUT2D eigenvalue weighted by Crippen LogP contribution is 2.56. The Morgan fingerprint density at radius 2 is 1.65 bits per heavy atom. The molecule has 1 saturated heterocycles. The second kappa shape index (κ2) is 15.5. The van der Waals surface area contributed by atoms with E-state index in [-0.39, 0.29) is 17.6 Å². The standard InChI is InChI=1S/C48H54FN8O5P/c1-7-63(60,8-2)38-12-10-36(11-13-38)53-19-20-54(28-53)44-42-32(6)55(18-15-39(42)51-57(44)37-23-29(3)43(49)30(4)24-37)45(58)41-26-35-25-34(33-16-21-61-22-17-33)9-14-40(35)56(41)48(27-31(48)5)46-50-47(59)62-52-46/h9-14,19-20,23-26,31-33H,7-8,15-18,21-22,27-28H2,1-6H3,(H,50,52,59). The molecule has 2 fully saturated rings. The molecular formula is C48H54FN8O5P. The Hall–Kier alpha value is -5.72. The van der Waals surface area contributed by atoms with Crippen LogP contribution < -0.4 is 20.9 Å². The van der Waals surface area contributed by atoms with Crippen LogP contribution in [0.4, 0.5) is 15.9 Å². The van der Waals surface area contributed by atoms with E-state index < -0.39 is 24.5 Å². The lowest BCUT2D eigenvalue weighted by Gasteiger charge is -2.35. The average Bonchev–Trinajstić information content (AvgIpc) is 3.87. The second-order valence-electron chi connectivity index (χ2n) is 17.9. The zero-order valence-electron chi connectivity index (χ0n) is 36.7. The van der Waals surface area contributed by atoms with E-state index in [2.05, 4.69) is 56.6 Å². The molecule has 3 aliphatic heterocycles. The third-order valence-corrected chi connectivity index (χ3v) is 17.6. The van der Waals surface area contributed by atoms with Gasteiger partial charge in [-0.05, 0) is 123 Å². The number of H-pyrrole nitrogens is 1. The van der Waals surface area contributed by atoms with Crippen LogP contribution in [0.1, 0.15) is 103 Å². The number of carbonyl (C=O) groups is 1. The summed E-state index contributed by atoms with van der Waals surface area (Å²) in [6.45, 7) is 14.0. The van der Waals surface area contributed by atoms with E-state index in [9.17, 15) is 9.36 Å². The molecule has 1 N–H and O–H groups in total. The van der Waals surface area contributed by atoms with Crippen LogP contribution >= 0.6 is 7.14 Å². The van der Waals surface area contributed by atoms with E-state index in [1.807, 2.05) is 78.3 Å². The van der Waals surface area contributed by atoms with Gasteiger partial charge in [-0.3, -0.25) is 14.3 Å². The quantitative estimate of drug-likeness (QED) is 0.135. The fourth-order valence-corrected chi connectivity index (χ4v) is 12.4. The monoisotopic (exact) mass is 872 g/mol. The maximum Gasteiger partial charge on any atom is 0.438 e. The molecule has 3 atom stereocenters. The molecule has 15 heteroatoms. The summed E-state index contributed by atoms with van der Waals surface area (Å²) in [4.78, 5) is 36.9. The maximum atomic E-state index is 15.5. The fourth-order valence-electron chi connectivity index (χ4n) is 10.5. The minimum absolute atomic E-state index is 0.0670. The topological polar surface area (TPSA) is 135 Å². The van der Waals surface area contributed by atoms with Crippen molar-refractivity contribution in [3.63, 3.8) is 0 Å². The summed E-state index contributed by atoms with van der Waals surface area (Å²) in [6.07, 6.45) is 8.35. The van der Waals surface area contributed by atoms with Crippen molar-refractivity contribution < 1.29 is 23.0 Å². The van der Waals surface area contributed by atoms with Crippen molar-refractivity contribution in [3.05, 3.63) is 129 Å². The molecule has 4 aliphatic rings. The van der Waals surface area contributed by atoms with Crippen LogP contribution in [0.2, 0.25) is 0 Å². The van der Waals surface area contributed by atoms with E-state index in [1.165, 1.54) is 5.56 Å². The maximum absolute atomic E-state index is 15.5. The highest BCUT2D eigenvalue weighted by molar-refractivity contribution is 7.71. The average molecular weight is 873 g/mol. The van der Waals surface area contributed by atoms with Crippen LogP contribution in [0.15, 0.2) is 82.4 Å². The lowest BCUT2D eigenvalue weighted by molar-refractivity contribution is 0.0664. The second-order valence-corrected chi connectivity index (χ2v) is 21.4. The number of hydrogen-bond acceptors (Lipinski definition) is 9. The van der Waals surface area contributed by atoms with Crippen LogP contribution in [-0.2, 0) is 21.3 Å². The van der Waals surface area contributed by atoms with E-state index >= 15 is 9.18 Å². The molecule has 3 unspecified atom stereocenters. The van der Waals surface area contributed by atoms with Crippen LogP contribution in [-0.4, -0.2) is 74.0 Å². The van der Waals surface area contributed by atoms with E-state index in [0.717, 1.165) is 70.7 Å².